The van der Waals surface area contributed by atoms with E-state index in [4.69, 9.17) is 14.2 Å². The van der Waals surface area contributed by atoms with Gasteiger partial charge in [-0.05, 0) is 58.0 Å². The average molecular weight is 370 g/mol. The minimum absolute atomic E-state index is 0.00201. The summed E-state index contributed by atoms with van der Waals surface area (Å²) in [6.07, 6.45) is 1.62. The van der Waals surface area contributed by atoms with Gasteiger partial charge >= 0.3 is 0 Å². The highest BCUT2D eigenvalue weighted by atomic mass is 16.5. The second-order valence-corrected chi connectivity index (χ2v) is 6.46. The van der Waals surface area contributed by atoms with E-state index in [1.54, 1.807) is 37.6 Å². The maximum Gasteiger partial charge on any atom is 0.271 e. The molecule has 2 rings (SSSR count). The first-order valence-corrected chi connectivity index (χ1v) is 8.84. The average Bonchev–Trinajstić information content (AvgIpc) is 2.62. The van der Waals surface area contributed by atoms with Gasteiger partial charge in [-0.25, -0.2) is 5.43 Å². The van der Waals surface area contributed by atoms with E-state index >= 15 is 0 Å². The third kappa shape index (κ3) is 6.33. The van der Waals surface area contributed by atoms with Crippen LogP contribution in [0.2, 0.25) is 0 Å². The molecule has 6 nitrogen and oxygen atoms in total. The van der Waals surface area contributed by atoms with Crippen LogP contribution >= 0.6 is 0 Å². The number of carbonyl (C=O) groups is 1. The largest absolute Gasteiger partial charge is 0.497 e. The molecule has 0 radical (unpaired) electrons. The maximum absolute atomic E-state index is 12.2. The van der Waals surface area contributed by atoms with E-state index < -0.39 is 0 Å². The van der Waals surface area contributed by atoms with Crippen molar-refractivity contribution >= 4 is 12.1 Å². The van der Waals surface area contributed by atoms with Crippen molar-refractivity contribution in [3.63, 3.8) is 0 Å². The normalized spacial score (nSPS) is 11.1. The van der Waals surface area contributed by atoms with Gasteiger partial charge in [0.2, 0.25) is 0 Å². The molecular weight excluding hydrogens is 344 g/mol. The van der Waals surface area contributed by atoms with Gasteiger partial charge in [0.05, 0.1) is 25.5 Å². The Morgan fingerprint density at radius 1 is 1.00 bits per heavy atom. The van der Waals surface area contributed by atoms with Gasteiger partial charge in [0, 0.05) is 17.2 Å². The molecule has 0 saturated heterocycles. The van der Waals surface area contributed by atoms with Crippen LogP contribution in [0.5, 0.6) is 17.2 Å². The number of benzene rings is 2. The molecule has 0 saturated carbocycles. The monoisotopic (exact) mass is 370 g/mol. The molecule has 2 aromatic carbocycles. The Morgan fingerprint density at radius 2 is 1.74 bits per heavy atom. The Balaban J connectivity index is 2.13. The summed E-state index contributed by atoms with van der Waals surface area (Å²) in [5.74, 6) is 1.65. The summed E-state index contributed by atoms with van der Waals surface area (Å²) in [6.45, 7) is 7.82. The van der Waals surface area contributed by atoms with Crippen LogP contribution in [0.25, 0.3) is 0 Å². The molecule has 6 heteroatoms. The number of amides is 1. The zero-order valence-corrected chi connectivity index (χ0v) is 16.4. The summed E-state index contributed by atoms with van der Waals surface area (Å²) in [6, 6.07) is 12.4. The van der Waals surface area contributed by atoms with Crippen LogP contribution in [-0.2, 0) is 0 Å². The van der Waals surface area contributed by atoms with Crippen LogP contribution in [0, 0.1) is 0 Å². The molecule has 0 bridgehead atoms. The molecule has 0 fully saturated rings. The summed E-state index contributed by atoms with van der Waals surface area (Å²) in [4.78, 5) is 12.2. The fraction of sp³-hybridized carbons (Fsp3) is 0.333. The Hall–Kier alpha value is -3.02. The van der Waals surface area contributed by atoms with Crippen LogP contribution in [0.4, 0.5) is 0 Å². The lowest BCUT2D eigenvalue weighted by atomic mass is 10.2. The number of carbonyl (C=O) groups excluding carboxylic acids is 1. The molecular formula is C21H26N2O4. The maximum atomic E-state index is 12.2. The number of methoxy groups -OCH3 is 1. The van der Waals surface area contributed by atoms with Crippen molar-refractivity contribution in [3.05, 3.63) is 53.6 Å². The predicted octanol–water partition coefficient (Wildman–Crippen LogP) is 4.03. The molecule has 27 heavy (non-hydrogen) atoms. The standard InChI is InChI=1S/C21H26N2O4/c1-14(2)26-19-10-9-17(20(12-19)27-15(3)4)13-22-23-21(24)16-7-6-8-18(11-16)25-5/h6-15H,1-5H3,(H,23,24)/b22-13-. The highest BCUT2D eigenvalue weighted by molar-refractivity contribution is 5.95. The highest BCUT2D eigenvalue weighted by Crippen LogP contribution is 2.25. The van der Waals surface area contributed by atoms with Crippen LogP contribution in [0.15, 0.2) is 47.6 Å². The van der Waals surface area contributed by atoms with Gasteiger partial charge in [0.15, 0.2) is 0 Å². The number of hydrogen-bond acceptors (Lipinski definition) is 5. The van der Waals surface area contributed by atoms with E-state index in [-0.39, 0.29) is 18.1 Å². The lowest BCUT2D eigenvalue weighted by Crippen LogP contribution is -2.17. The van der Waals surface area contributed by atoms with E-state index in [1.165, 1.54) is 0 Å². The van der Waals surface area contributed by atoms with Crippen LogP contribution in [-0.4, -0.2) is 31.4 Å². The van der Waals surface area contributed by atoms with Gasteiger partial charge in [0.1, 0.15) is 17.2 Å². The Bertz CT molecular complexity index is 801. The Kier molecular flexibility index (Phi) is 7.23. The lowest BCUT2D eigenvalue weighted by Gasteiger charge is -2.15. The molecule has 144 valence electrons. The fourth-order valence-corrected chi connectivity index (χ4v) is 2.31. The van der Waals surface area contributed by atoms with E-state index in [1.807, 2.05) is 45.9 Å². The summed E-state index contributed by atoms with van der Waals surface area (Å²) in [5, 5.41) is 4.05. The van der Waals surface area contributed by atoms with Crippen molar-refractivity contribution in [2.75, 3.05) is 7.11 Å². The minimum Gasteiger partial charge on any atom is -0.497 e. The topological polar surface area (TPSA) is 69.2 Å². The first-order chi connectivity index (χ1) is 12.9. The first kappa shape index (κ1) is 20.3. The third-order valence-electron chi connectivity index (χ3n) is 3.42. The van der Waals surface area contributed by atoms with Crippen LogP contribution in [0.1, 0.15) is 43.6 Å². The molecule has 0 aliphatic heterocycles. The molecule has 2 aromatic rings. The third-order valence-corrected chi connectivity index (χ3v) is 3.42. The van der Waals surface area contributed by atoms with Gasteiger partial charge in [-0.1, -0.05) is 6.07 Å². The SMILES string of the molecule is COc1cccc(C(=O)N/N=C\c2ccc(OC(C)C)cc2OC(C)C)c1. The quantitative estimate of drug-likeness (QED) is 0.563. The van der Waals surface area contributed by atoms with Crippen molar-refractivity contribution in [1.29, 1.82) is 0 Å². The second kappa shape index (κ2) is 9.62. The van der Waals surface area contributed by atoms with Gasteiger partial charge in [-0.3, -0.25) is 4.79 Å². The number of hydrazone groups is 1. The van der Waals surface area contributed by atoms with Crippen LogP contribution in [0.3, 0.4) is 0 Å². The van der Waals surface area contributed by atoms with Gasteiger partial charge in [0.25, 0.3) is 5.91 Å². The first-order valence-electron chi connectivity index (χ1n) is 8.84. The van der Waals surface area contributed by atoms with E-state index in [2.05, 4.69) is 10.5 Å². The molecule has 0 unspecified atom stereocenters. The highest BCUT2D eigenvalue weighted by Gasteiger charge is 2.09. The van der Waals surface area contributed by atoms with Crippen molar-refractivity contribution in [2.45, 2.75) is 39.9 Å². The Morgan fingerprint density at radius 3 is 2.41 bits per heavy atom. The van der Waals surface area contributed by atoms with Crippen molar-refractivity contribution in [3.8, 4) is 17.2 Å². The minimum atomic E-state index is -0.323. The zero-order valence-electron chi connectivity index (χ0n) is 16.4. The second-order valence-electron chi connectivity index (χ2n) is 6.46. The molecule has 1 N–H and O–H groups in total. The molecule has 0 aliphatic carbocycles. The number of rotatable bonds is 8. The van der Waals surface area contributed by atoms with Gasteiger partial charge < -0.3 is 14.2 Å². The number of nitrogens with zero attached hydrogens (tertiary/aromatic N) is 1. The van der Waals surface area contributed by atoms with Crippen molar-refractivity contribution < 1.29 is 19.0 Å². The molecule has 0 atom stereocenters. The number of hydrogen-bond donors (Lipinski definition) is 1. The van der Waals surface area contributed by atoms with E-state index in [9.17, 15) is 4.79 Å². The summed E-state index contributed by atoms with van der Waals surface area (Å²) in [7, 11) is 1.55. The summed E-state index contributed by atoms with van der Waals surface area (Å²) >= 11 is 0. The van der Waals surface area contributed by atoms with Gasteiger partial charge in [-0.15, -0.1) is 0 Å². The summed E-state index contributed by atoms with van der Waals surface area (Å²) < 4.78 is 16.7. The molecule has 1 amide bonds. The Labute approximate surface area is 160 Å². The molecule has 0 spiro atoms. The van der Waals surface area contributed by atoms with Gasteiger partial charge in [-0.2, -0.15) is 5.10 Å². The fourth-order valence-electron chi connectivity index (χ4n) is 2.31. The van der Waals surface area contributed by atoms with E-state index in [0.717, 1.165) is 11.3 Å². The van der Waals surface area contributed by atoms with Crippen molar-refractivity contribution in [2.24, 2.45) is 5.10 Å². The molecule has 0 heterocycles. The van der Waals surface area contributed by atoms with E-state index in [0.29, 0.717) is 17.1 Å². The summed E-state index contributed by atoms with van der Waals surface area (Å²) in [5.41, 5.74) is 3.72. The number of nitrogens with one attached hydrogen (secondary N) is 1. The van der Waals surface area contributed by atoms with Crippen LogP contribution < -0.4 is 19.6 Å². The molecule has 0 aliphatic rings. The number of ether oxygens (including phenoxy) is 3. The predicted molar refractivity (Wildman–Crippen MR) is 106 cm³/mol. The van der Waals surface area contributed by atoms with Crippen molar-refractivity contribution in [1.82, 2.24) is 5.43 Å². The lowest BCUT2D eigenvalue weighted by molar-refractivity contribution is 0.0954. The molecule has 0 aromatic heterocycles. The smallest absolute Gasteiger partial charge is 0.271 e. The zero-order chi connectivity index (χ0) is 19.8.